The van der Waals surface area contributed by atoms with E-state index in [0.717, 1.165) is 25.3 Å². The fourth-order valence-corrected chi connectivity index (χ4v) is 3.71. The number of aliphatic imine (C=N–C) groups is 1. The molecule has 25 heavy (non-hydrogen) atoms. The van der Waals surface area contributed by atoms with Gasteiger partial charge in [-0.25, -0.2) is 8.78 Å². The van der Waals surface area contributed by atoms with E-state index >= 15 is 0 Å². The smallest absolute Gasteiger partial charge is 0.217 e. The van der Waals surface area contributed by atoms with E-state index in [4.69, 9.17) is 5.73 Å². The number of nitrogens with one attached hydrogen (secondary N) is 1. The van der Waals surface area contributed by atoms with Crippen molar-refractivity contribution in [2.24, 2.45) is 16.6 Å². The number of benzene rings is 1. The lowest BCUT2D eigenvalue weighted by molar-refractivity contribution is -0.119. The average molecular weight is 350 g/mol. The van der Waals surface area contributed by atoms with Crippen molar-refractivity contribution in [2.45, 2.75) is 37.6 Å². The summed E-state index contributed by atoms with van der Waals surface area (Å²) in [4.78, 5) is 17.6. The fraction of sp³-hybridized carbons (Fsp3) is 0.556. The molecule has 1 aliphatic carbocycles. The minimum Gasteiger partial charge on any atom is -0.370 e. The number of likely N-dealkylation sites (tertiary alicyclic amines) is 1. The predicted molar refractivity (Wildman–Crippen MR) is 92.1 cm³/mol. The normalized spacial score (nSPS) is 26.4. The quantitative estimate of drug-likeness (QED) is 0.644. The number of nitrogens with two attached hydrogens (primary N) is 1. The van der Waals surface area contributed by atoms with E-state index in [1.807, 2.05) is 0 Å². The van der Waals surface area contributed by atoms with Crippen molar-refractivity contribution >= 4 is 11.9 Å². The molecule has 7 heteroatoms. The molecule has 3 atom stereocenters. The van der Waals surface area contributed by atoms with Crippen molar-refractivity contribution in [3.63, 3.8) is 0 Å². The molecule has 0 radical (unpaired) electrons. The summed E-state index contributed by atoms with van der Waals surface area (Å²) >= 11 is 0. The number of nitrogens with zero attached hydrogens (tertiary/aromatic N) is 2. The molecule has 1 saturated heterocycles. The molecule has 3 N–H and O–H groups in total. The molecular weight excluding hydrogens is 326 g/mol. The molecule has 0 bridgehead atoms. The lowest BCUT2D eigenvalue weighted by Gasteiger charge is -2.34. The van der Waals surface area contributed by atoms with Gasteiger partial charge in [0.15, 0.2) is 5.96 Å². The van der Waals surface area contributed by atoms with E-state index in [2.05, 4.69) is 15.2 Å². The molecule has 2 aliphatic rings. The number of rotatable bonds is 4. The molecule has 1 heterocycles. The Bertz CT molecular complexity index is 659. The average Bonchev–Trinajstić information content (AvgIpc) is 3.31. The van der Waals surface area contributed by atoms with Crippen molar-refractivity contribution in [3.05, 3.63) is 35.4 Å². The van der Waals surface area contributed by atoms with E-state index < -0.39 is 11.6 Å². The molecule has 1 aromatic rings. The Morgan fingerprint density at radius 3 is 2.76 bits per heavy atom. The summed E-state index contributed by atoms with van der Waals surface area (Å²) in [6.07, 6.45) is 2.99. The van der Waals surface area contributed by atoms with Gasteiger partial charge >= 0.3 is 0 Å². The second kappa shape index (κ2) is 7.37. The van der Waals surface area contributed by atoms with Gasteiger partial charge in [0, 0.05) is 44.1 Å². The largest absolute Gasteiger partial charge is 0.370 e. The van der Waals surface area contributed by atoms with Gasteiger partial charge in [0.25, 0.3) is 0 Å². The molecule has 0 spiro atoms. The highest BCUT2D eigenvalue weighted by Gasteiger charge is 2.43. The first kappa shape index (κ1) is 17.6. The fourth-order valence-electron chi connectivity index (χ4n) is 3.71. The summed E-state index contributed by atoms with van der Waals surface area (Å²) in [6, 6.07) is 3.94. The van der Waals surface area contributed by atoms with Crippen LogP contribution in [0.2, 0.25) is 0 Å². The van der Waals surface area contributed by atoms with Crippen molar-refractivity contribution < 1.29 is 13.6 Å². The third-order valence-electron chi connectivity index (χ3n) is 5.00. The van der Waals surface area contributed by atoms with Crippen LogP contribution in [0.3, 0.4) is 0 Å². The number of carbonyl (C=O) groups excluding carboxylic acids is 1. The highest BCUT2D eigenvalue weighted by molar-refractivity contribution is 5.81. The first-order valence-electron chi connectivity index (χ1n) is 8.70. The van der Waals surface area contributed by atoms with Gasteiger partial charge in [0.1, 0.15) is 11.6 Å². The van der Waals surface area contributed by atoms with Crippen molar-refractivity contribution in [2.75, 3.05) is 20.1 Å². The molecule has 1 aliphatic heterocycles. The Morgan fingerprint density at radius 2 is 2.12 bits per heavy atom. The van der Waals surface area contributed by atoms with Crippen LogP contribution in [0, 0.1) is 17.6 Å². The van der Waals surface area contributed by atoms with Gasteiger partial charge in [-0.2, -0.15) is 0 Å². The topological polar surface area (TPSA) is 70.7 Å². The van der Waals surface area contributed by atoms with Gasteiger partial charge in [0.2, 0.25) is 5.91 Å². The molecular formula is C18H24F2N4O. The van der Waals surface area contributed by atoms with Crippen LogP contribution >= 0.6 is 0 Å². The molecule has 1 saturated carbocycles. The summed E-state index contributed by atoms with van der Waals surface area (Å²) in [5.74, 6) is -0.508. The third kappa shape index (κ3) is 4.08. The van der Waals surface area contributed by atoms with Gasteiger partial charge < -0.3 is 16.0 Å². The number of piperidine rings is 1. The maximum absolute atomic E-state index is 13.9. The van der Waals surface area contributed by atoms with Crippen LogP contribution in [0.15, 0.2) is 23.2 Å². The minimum absolute atomic E-state index is 0.0263. The van der Waals surface area contributed by atoms with Gasteiger partial charge in [0.05, 0.1) is 0 Å². The number of halogens is 2. The molecule has 1 amide bonds. The van der Waals surface area contributed by atoms with Crippen molar-refractivity contribution in [3.8, 4) is 0 Å². The second-order valence-corrected chi connectivity index (χ2v) is 6.90. The Labute approximate surface area is 146 Å². The van der Waals surface area contributed by atoms with Crippen LogP contribution in [-0.4, -0.2) is 42.9 Å². The molecule has 5 nitrogen and oxygen atoms in total. The van der Waals surface area contributed by atoms with E-state index in [9.17, 15) is 13.6 Å². The Balaban J connectivity index is 1.61. The predicted octanol–water partition coefficient (Wildman–Crippen LogP) is 1.98. The maximum atomic E-state index is 13.9. The second-order valence-electron chi connectivity index (χ2n) is 6.90. The van der Waals surface area contributed by atoms with Crippen LogP contribution in [0.1, 0.15) is 37.2 Å². The number of guanidine groups is 1. The van der Waals surface area contributed by atoms with Crippen LogP contribution in [0.4, 0.5) is 8.78 Å². The van der Waals surface area contributed by atoms with Crippen LogP contribution < -0.4 is 11.1 Å². The number of hydrogen-bond acceptors (Lipinski definition) is 2. The first-order chi connectivity index (χ1) is 12.0. The standard InChI is InChI=1S/C18H24F2N4O/c1-22-18(24-7-3-4-11(10-24)8-16(21)25)23-15-9-12(15)17-13(19)5-2-6-14(17)20/h2,5-6,11-12,15H,3-4,7-10H2,1H3,(H2,21,25)(H,22,23). The summed E-state index contributed by atoms with van der Waals surface area (Å²) in [5.41, 5.74) is 5.46. The first-order valence-corrected chi connectivity index (χ1v) is 8.70. The monoisotopic (exact) mass is 350 g/mol. The number of amides is 1. The van der Waals surface area contributed by atoms with Crippen LogP contribution in [-0.2, 0) is 4.79 Å². The SMILES string of the molecule is CN=C(NC1CC1c1c(F)cccc1F)N1CCCC(CC(N)=O)C1. The molecule has 1 aromatic carbocycles. The maximum Gasteiger partial charge on any atom is 0.217 e. The zero-order valence-electron chi connectivity index (χ0n) is 14.3. The number of hydrogen-bond donors (Lipinski definition) is 2. The van der Waals surface area contributed by atoms with Gasteiger partial charge in [-0.15, -0.1) is 0 Å². The summed E-state index contributed by atoms with van der Waals surface area (Å²) < 4.78 is 27.8. The molecule has 0 aromatic heterocycles. The Kier molecular flexibility index (Phi) is 5.20. The number of carbonyl (C=O) groups is 1. The highest BCUT2D eigenvalue weighted by Crippen LogP contribution is 2.43. The summed E-state index contributed by atoms with van der Waals surface area (Å²) in [7, 11) is 1.70. The highest BCUT2D eigenvalue weighted by atomic mass is 19.1. The third-order valence-corrected chi connectivity index (χ3v) is 5.00. The minimum atomic E-state index is -0.496. The van der Waals surface area contributed by atoms with E-state index in [-0.39, 0.29) is 29.3 Å². The Morgan fingerprint density at radius 1 is 1.40 bits per heavy atom. The molecule has 136 valence electrons. The lowest BCUT2D eigenvalue weighted by Crippen LogP contribution is -2.48. The zero-order valence-corrected chi connectivity index (χ0v) is 14.3. The molecule has 3 unspecified atom stereocenters. The summed E-state index contributed by atoms with van der Waals surface area (Å²) in [5, 5.41) is 3.31. The van der Waals surface area contributed by atoms with Gasteiger partial charge in [-0.05, 0) is 37.3 Å². The molecule has 2 fully saturated rings. The van der Waals surface area contributed by atoms with Crippen molar-refractivity contribution in [1.82, 2.24) is 10.2 Å². The van der Waals surface area contributed by atoms with E-state index in [1.54, 1.807) is 7.05 Å². The zero-order chi connectivity index (χ0) is 18.0. The van der Waals surface area contributed by atoms with Crippen LogP contribution in [0.5, 0.6) is 0 Å². The number of primary amides is 1. The Hall–Kier alpha value is -2.18. The van der Waals surface area contributed by atoms with Gasteiger partial charge in [-0.1, -0.05) is 6.07 Å². The summed E-state index contributed by atoms with van der Waals surface area (Å²) in [6.45, 7) is 1.56. The van der Waals surface area contributed by atoms with Crippen LogP contribution in [0.25, 0.3) is 0 Å². The molecule has 3 rings (SSSR count). The van der Waals surface area contributed by atoms with E-state index in [1.165, 1.54) is 18.2 Å². The van der Waals surface area contributed by atoms with Gasteiger partial charge in [-0.3, -0.25) is 9.79 Å². The lowest BCUT2D eigenvalue weighted by atomic mass is 9.95. The van der Waals surface area contributed by atoms with E-state index in [0.29, 0.717) is 19.4 Å². The van der Waals surface area contributed by atoms with Crippen molar-refractivity contribution in [1.29, 1.82) is 0 Å².